The van der Waals surface area contributed by atoms with Crippen molar-refractivity contribution < 1.29 is 22.8 Å². The van der Waals surface area contributed by atoms with Crippen molar-refractivity contribution in [1.29, 1.82) is 0 Å². The van der Waals surface area contributed by atoms with Crippen LogP contribution in [0.4, 0.5) is 18.9 Å². The Morgan fingerprint density at radius 1 is 1.12 bits per heavy atom. The highest BCUT2D eigenvalue weighted by atomic mass is 32.2. The third-order valence-electron chi connectivity index (χ3n) is 2.87. The van der Waals surface area contributed by atoms with Crippen LogP contribution in [0.25, 0.3) is 0 Å². The van der Waals surface area contributed by atoms with Gasteiger partial charge in [0, 0.05) is 17.4 Å². The predicted octanol–water partition coefficient (Wildman–Crippen LogP) is 2.93. The molecule has 0 spiro atoms. The van der Waals surface area contributed by atoms with Crippen LogP contribution in [0, 0.1) is 0 Å². The molecule has 0 saturated heterocycles. The van der Waals surface area contributed by atoms with Gasteiger partial charge in [-0.15, -0.1) is 0 Å². The summed E-state index contributed by atoms with van der Waals surface area (Å²) in [5.74, 6) is -0.944. The summed E-state index contributed by atoms with van der Waals surface area (Å²) in [6.45, 7) is 0. The lowest BCUT2D eigenvalue weighted by atomic mass is 10.2. The third-order valence-corrected chi connectivity index (χ3v) is 3.81. The average molecular weight is 355 g/mol. The summed E-state index contributed by atoms with van der Waals surface area (Å²) in [4.78, 5) is 26.4. The standard InChI is InChI=1S/C15H12F3N3O2S/c16-15(17,18)10-3-6-13(20-7-10)24-8-12(22)21-11-4-1-9(2-5-11)14(19)23/h1-7H,8H2,(H2,19,23)(H,21,22). The zero-order chi connectivity index (χ0) is 17.7. The molecule has 0 bridgehead atoms. The number of aromatic nitrogens is 1. The van der Waals surface area contributed by atoms with E-state index in [9.17, 15) is 22.8 Å². The van der Waals surface area contributed by atoms with Crippen LogP contribution in [0.15, 0.2) is 47.6 Å². The van der Waals surface area contributed by atoms with Crippen LogP contribution in [0.5, 0.6) is 0 Å². The van der Waals surface area contributed by atoms with Gasteiger partial charge in [-0.25, -0.2) is 4.98 Å². The Balaban J connectivity index is 1.87. The summed E-state index contributed by atoms with van der Waals surface area (Å²) in [6, 6.07) is 8.13. The van der Waals surface area contributed by atoms with Gasteiger partial charge in [0.05, 0.1) is 16.3 Å². The number of rotatable bonds is 5. The van der Waals surface area contributed by atoms with Gasteiger partial charge in [0.2, 0.25) is 11.8 Å². The summed E-state index contributed by atoms with van der Waals surface area (Å²) in [5, 5.41) is 2.90. The molecule has 126 valence electrons. The van der Waals surface area contributed by atoms with E-state index in [-0.39, 0.29) is 11.7 Å². The van der Waals surface area contributed by atoms with E-state index in [0.29, 0.717) is 16.3 Å². The van der Waals surface area contributed by atoms with Crippen LogP contribution in [-0.4, -0.2) is 22.6 Å². The molecular weight excluding hydrogens is 343 g/mol. The predicted molar refractivity (Wildman–Crippen MR) is 83.6 cm³/mol. The fourth-order valence-electron chi connectivity index (χ4n) is 1.69. The summed E-state index contributed by atoms with van der Waals surface area (Å²) in [6.07, 6.45) is -3.71. The van der Waals surface area contributed by atoms with Gasteiger partial charge in [-0.1, -0.05) is 11.8 Å². The quantitative estimate of drug-likeness (QED) is 0.808. The fraction of sp³-hybridized carbons (Fsp3) is 0.133. The highest BCUT2D eigenvalue weighted by molar-refractivity contribution is 7.99. The number of anilines is 1. The normalized spacial score (nSPS) is 11.1. The van der Waals surface area contributed by atoms with Gasteiger partial charge in [0.1, 0.15) is 0 Å². The van der Waals surface area contributed by atoms with Crippen molar-refractivity contribution in [2.45, 2.75) is 11.2 Å². The topological polar surface area (TPSA) is 85.1 Å². The zero-order valence-corrected chi connectivity index (χ0v) is 12.9. The number of hydrogen-bond donors (Lipinski definition) is 2. The number of carbonyl (C=O) groups is 2. The second-order valence-corrected chi connectivity index (χ2v) is 5.66. The van der Waals surface area contributed by atoms with Crippen molar-refractivity contribution in [3.8, 4) is 0 Å². The molecule has 3 N–H and O–H groups in total. The summed E-state index contributed by atoms with van der Waals surface area (Å²) >= 11 is 1.01. The van der Waals surface area contributed by atoms with E-state index in [4.69, 9.17) is 5.73 Å². The van der Waals surface area contributed by atoms with Crippen molar-refractivity contribution in [1.82, 2.24) is 4.98 Å². The molecule has 9 heteroatoms. The van der Waals surface area contributed by atoms with Crippen molar-refractivity contribution in [2.24, 2.45) is 5.73 Å². The number of thioether (sulfide) groups is 1. The van der Waals surface area contributed by atoms with E-state index in [1.54, 1.807) is 0 Å². The molecule has 0 aliphatic carbocycles. The van der Waals surface area contributed by atoms with Gasteiger partial charge < -0.3 is 11.1 Å². The van der Waals surface area contributed by atoms with Crippen molar-refractivity contribution in [2.75, 3.05) is 11.1 Å². The maximum atomic E-state index is 12.4. The first-order valence-electron chi connectivity index (χ1n) is 6.61. The van der Waals surface area contributed by atoms with Gasteiger partial charge in [0.15, 0.2) is 0 Å². The molecule has 0 aliphatic rings. The minimum atomic E-state index is -4.44. The van der Waals surface area contributed by atoms with Gasteiger partial charge in [0.25, 0.3) is 0 Å². The Kier molecular flexibility index (Phi) is 5.45. The molecular formula is C15H12F3N3O2S. The smallest absolute Gasteiger partial charge is 0.366 e. The highest BCUT2D eigenvalue weighted by Gasteiger charge is 2.30. The Morgan fingerprint density at radius 2 is 1.79 bits per heavy atom. The molecule has 2 rings (SSSR count). The number of benzene rings is 1. The van der Waals surface area contributed by atoms with Crippen LogP contribution >= 0.6 is 11.8 Å². The van der Waals surface area contributed by atoms with Crippen LogP contribution in [0.2, 0.25) is 0 Å². The molecule has 1 aromatic heterocycles. The number of hydrogen-bond acceptors (Lipinski definition) is 4. The molecule has 0 aliphatic heterocycles. The van der Waals surface area contributed by atoms with Crippen molar-refractivity contribution >= 4 is 29.3 Å². The second-order valence-electron chi connectivity index (χ2n) is 4.66. The number of halogens is 3. The average Bonchev–Trinajstić information content (AvgIpc) is 2.53. The van der Waals surface area contributed by atoms with Gasteiger partial charge >= 0.3 is 6.18 Å². The maximum Gasteiger partial charge on any atom is 0.417 e. The molecule has 2 amide bonds. The molecule has 5 nitrogen and oxygen atoms in total. The number of amides is 2. The van der Waals surface area contributed by atoms with E-state index >= 15 is 0 Å². The summed E-state index contributed by atoms with van der Waals surface area (Å²) < 4.78 is 37.2. The van der Waals surface area contributed by atoms with Crippen LogP contribution < -0.4 is 11.1 Å². The van der Waals surface area contributed by atoms with E-state index in [1.807, 2.05) is 0 Å². The summed E-state index contributed by atoms with van der Waals surface area (Å²) in [7, 11) is 0. The molecule has 0 atom stereocenters. The molecule has 0 saturated carbocycles. The van der Waals surface area contributed by atoms with Gasteiger partial charge in [-0.2, -0.15) is 13.2 Å². The SMILES string of the molecule is NC(=O)c1ccc(NC(=O)CSc2ccc(C(F)(F)F)cn2)cc1. The van der Waals surface area contributed by atoms with Crippen molar-refractivity contribution in [3.63, 3.8) is 0 Å². The lowest BCUT2D eigenvalue weighted by Gasteiger charge is -2.07. The largest absolute Gasteiger partial charge is 0.417 e. The zero-order valence-electron chi connectivity index (χ0n) is 12.1. The maximum absolute atomic E-state index is 12.4. The lowest BCUT2D eigenvalue weighted by molar-refractivity contribution is -0.137. The fourth-order valence-corrected chi connectivity index (χ4v) is 2.33. The number of nitrogens with one attached hydrogen (secondary N) is 1. The second kappa shape index (κ2) is 7.35. The molecule has 0 radical (unpaired) electrons. The van der Waals surface area contributed by atoms with Gasteiger partial charge in [-0.3, -0.25) is 9.59 Å². The van der Waals surface area contributed by atoms with E-state index in [2.05, 4.69) is 10.3 Å². The molecule has 2 aromatic rings. The Morgan fingerprint density at radius 3 is 2.29 bits per heavy atom. The van der Waals surface area contributed by atoms with Crippen molar-refractivity contribution in [3.05, 3.63) is 53.7 Å². The lowest BCUT2D eigenvalue weighted by Crippen LogP contribution is -2.15. The van der Waals surface area contributed by atoms with E-state index in [1.165, 1.54) is 30.3 Å². The first-order valence-corrected chi connectivity index (χ1v) is 7.60. The number of primary amides is 1. The van der Waals surface area contributed by atoms with Crippen LogP contribution in [0.3, 0.4) is 0 Å². The van der Waals surface area contributed by atoms with E-state index < -0.39 is 17.6 Å². The summed E-state index contributed by atoms with van der Waals surface area (Å²) in [5.41, 5.74) is 5.06. The molecule has 0 unspecified atom stereocenters. The Labute approximate surface area is 139 Å². The monoisotopic (exact) mass is 355 g/mol. The Hall–Kier alpha value is -2.55. The number of nitrogens with two attached hydrogens (primary N) is 1. The Bertz CT molecular complexity index is 731. The number of pyridine rings is 1. The minimum absolute atomic E-state index is 0.0179. The third kappa shape index (κ3) is 4.98. The minimum Gasteiger partial charge on any atom is -0.366 e. The number of alkyl halides is 3. The molecule has 24 heavy (non-hydrogen) atoms. The highest BCUT2D eigenvalue weighted by Crippen LogP contribution is 2.29. The molecule has 1 heterocycles. The molecule has 0 fully saturated rings. The van der Waals surface area contributed by atoms with Crippen LogP contribution in [-0.2, 0) is 11.0 Å². The molecule has 1 aromatic carbocycles. The first kappa shape index (κ1) is 17.8. The number of nitrogens with zero attached hydrogens (tertiary/aromatic N) is 1. The van der Waals surface area contributed by atoms with Gasteiger partial charge in [-0.05, 0) is 36.4 Å². The number of carbonyl (C=O) groups excluding carboxylic acids is 2. The van der Waals surface area contributed by atoms with Crippen LogP contribution in [0.1, 0.15) is 15.9 Å². The first-order chi connectivity index (χ1) is 11.3. The van der Waals surface area contributed by atoms with E-state index in [0.717, 1.165) is 24.0 Å².